The molecule has 2 N–H and O–H groups in total. The van der Waals surface area contributed by atoms with E-state index in [0.717, 1.165) is 38.0 Å². The zero-order chi connectivity index (χ0) is 11.8. The molecule has 0 bridgehead atoms. The lowest BCUT2D eigenvalue weighted by Crippen LogP contribution is -2.14. The molecule has 2 nitrogen and oxygen atoms in total. The van der Waals surface area contributed by atoms with Gasteiger partial charge in [0.25, 0.3) is 0 Å². The Morgan fingerprint density at radius 3 is 2.50 bits per heavy atom. The van der Waals surface area contributed by atoms with Gasteiger partial charge in [0.2, 0.25) is 0 Å². The highest BCUT2D eigenvalue weighted by Gasteiger charge is 1.97. The highest BCUT2D eigenvalue weighted by Crippen LogP contribution is 2.14. The maximum Gasteiger partial charge on any atom is 0.119 e. The van der Waals surface area contributed by atoms with E-state index in [-0.39, 0.29) is 0 Å². The summed E-state index contributed by atoms with van der Waals surface area (Å²) >= 11 is 0. The van der Waals surface area contributed by atoms with E-state index in [1.165, 1.54) is 5.56 Å². The van der Waals surface area contributed by atoms with E-state index in [2.05, 4.69) is 38.1 Å². The first kappa shape index (κ1) is 13.0. The van der Waals surface area contributed by atoms with Crippen LogP contribution >= 0.6 is 0 Å². The van der Waals surface area contributed by atoms with Gasteiger partial charge in [-0.3, -0.25) is 0 Å². The van der Waals surface area contributed by atoms with E-state index in [1.807, 2.05) is 0 Å². The molecule has 0 radical (unpaired) electrons. The predicted molar refractivity (Wildman–Crippen MR) is 68.8 cm³/mol. The number of hydrogen-bond donors (Lipinski definition) is 1. The van der Waals surface area contributed by atoms with E-state index in [1.54, 1.807) is 0 Å². The second kappa shape index (κ2) is 7.29. The Morgan fingerprint density at radius 1 is 1.25 bits per heavy atom. The van der Waals surface area contributed by atoms with Crippen LogP contribution in [0, 0.1) is 0 Å². The predicted octanol–water partition coefficient (Wildman–Crippen LogP) is 3.15. The van der Waals surface area contributed by atoms with Crippen LogP contribution in [0.25, 0.3) is 0 Å². The van der Waals surface area contributed by atoms with E-state index >= 15 is 0 Å². The second-order valence-corrected chi connectivity index (χ2v) is 4.36. The van der Waals surface area contributed by atoms with E-state index in [0.29, 0.717) is 6.04 Å². The lowest BCUT2D eigenvalue weighted by molar-refractivity contribution is 0.317. The lowest BCUT2D eigenvalue weighted by Gasteiger charge is -2.07. The van der Waals surface area contributed by atoms with Crippen molar-refractivity contribution in [3.8, 4) is 5.75 Å². The number of rotatable bonds is 7. The molecule has 0 aliphatic heterocycles. The van der Waals surface area contributed by atoms with Crippen molar-refractivity contribution in [2.75, 3.05) is 6.61 Å². The average molecular weight is 221 g/mol. The van der Waals surface area contributed by atoms with Crippen molar-refractivity contribution in [1.82, 2.24) is 0 Å². The van der Waals surface area contributed by atoms with Crippen LogP contribution in [0.1, 0.15) is 38.7 Å². The number of aryl methyl sites for hydroxylation is 1. The molecule has 1 aromatic rings. The zero-order valence-electron chi connectivity index (χ0n) is 10.4. The number of benzene rings is 1. The van der Waals surface area contributed by atoms with Crippen molar-refractivity contribution in [1.29, 1.82) is 0 Å². The molecule has 90 valence electrons. The van der Waals surface area contributed by atoms with Gasteiger partial charge in [0.05, 0.1) is 6.61 Å². The summed E-state index contributed by atoms with van der Waals surface area (Å²) in [7, 11) is 0. The molecular weight excluding hydrogens is 198 g/mol. The van der Waals surface area contributed by atoms with Crippen LogP contribution in [-0.4, -0.2) is 12.6 Å². The number of ether oxygens (including phenoxy) is 1. The Bertz CT molecular complexity index is 279. The second-order valence-electron chi connectivity index (χ2n) is 4.36. The molecule has 1 aromatic carbocycles. The topological polar surface area (TPSA) is 35.2 Å². The summed E-state index contributed by atoms with van der Waals surface area (Å²) in [6.45, 7) is 4.97. The fourth-order valence-electron chi connectivity index (χ4n) is 1.60. The molecule has 1 rings (SSSR count). The molecule has 0 fully saturated rings. The van der Waals surface area contributed by atoms with Crippen LogP contribution in [0.2, 0.25) is 0 Å². The summed E-state index contributed by atoms with van der Waals surface area (Å²) < 4.78 is 5.53. The molecule has 0 heterocycles. The van der Waals surface area contributed by atoms with Gasteiger partial charge in [0.1, 0.15) is 5.75 Å². The van der Waals surface area contributed by atoms with Crippen molar-refractivity contribution in [2.45, 2.75) is 45.6 Å². The molecule has 1 unspecified atom stereocenters. The van der Waals surface area contributed by atoms with Gasteiger partial charge in [0.15, 0.2) is 0 Å². The monoisotopic (exact) mass is 221 g/mol. The summed E-state index contributed by atoms with van der Waals surface area (Å²) in [5.74, 6) is 0.970. The van der Waals surface area contributed by atoms with Gasteiger partial charge in [-0.1, -0.05) is 19.1 Å². The van der Waals surface area contributed by atoms with Gasteiger partial charge in [-0.05, 0) is 50.3 Å². The summed E-state index contributed by atoms with van der Waals surface area (Å²) in [6, 6.07) is 8.71. The molecule has 1 atom stereocenters. The Kier molecular flexibility index (Phi) is 5.94. The molecule has 0 saturated heterocycles. The first-order chi connectivity index (χ1) is 7.72. The van der Waals surface area contributed by atoms with Gasteiger partial charge in [-0.25, -0.2) is 0 Å². The molecule has 0 aromatic heterocycles. The highest BCUT2D eigenvalue weighted by atomic mass is 16.5. The van der Waals surface area contributed by atoms with Crippen LogP contribution in [0.15, 0.2) is 24.3 Å². The minimum atomic E-state index is 0.312. The van der Waals surface area contributed by atoms with Gasteiger partial charge < -0.3 is 10.5 Å². The Labute approximate surface area is 98.8 Å². The minimum absolute atomic E-state index is 0.312. The first-order valence-corrected chi connectivity index (χ1v) is 6.19. The highest BCUT2D eigenvalue weighted by molar-refractivity contribution is 5.27. The quantitative estimate of drug-likeness (QED) is 0.767. The summed E-state index contributed by atoms with van der Waals surface area (Å²) in [5.41, 5.74) is 7.08. The molecule has 0 saturated carbocycles. The van der Waals surface area contributed by atoms with Gasteiger partial charge in [-0.2, -0.15) is 0 Å². The van der Waals surface area contributed by atoms with Crippen molar-refractivity contribution in [3.05, 3.63) is 29.8 Å². The van der Waals surface area contributed by atoms with Crippen molar-refractivity contribution in [3.63, 3.8) is 0 Å². The summed E-state index contributed by atoms with van der Waals surface area (Å²) in [4.78, 5) is 0. The SMILES string of the molecule is CCCOc1ccc(CCCC(C)N)cc1. The molecule has 0 amide bonds. The average Bonchev–Trinajstić information content (AvgIpc) is 2.27. The number of nitrogens with two attached hydrogens (primary N) is 1. The standard InChI is InChI=1S/C14H23NO/c1-3-11-16-14-9-7-13(8-10-14)6-4-5-12(2)15/h7-10,12H,3-6,11,15H2,1-2H3. The fourth-order valence-corrected chi connectivity index (χ4v) is 1.60. The molecule has 0 spiro atoms. The van der Waals surface area contributed by atoms with Crippen LogP contribution in [0.5, 0.6) is 5.75 Å². The molecule has 16 heavy (non-hydrogen) atoms. The summed E-state index contributed by atoms with van der Waals surface area (Å²) in [6.07, 6.45) is 4.41. The van der Waals surface area contributed by atoms with Crippen molar-refractivity contribution >= 4 is 0 Å². The third kappa shape index (κ3) is 5.17. The van der Waals surface area contributed by atoms with E-state index < -0.39 is 0 Å². The Balaban J connectivity index is 2.33. The lowest BCUT2D eigenvalue weighted by atomic mass is 10.1. The fraction of sp³-hybridized carbons (Fsp3) is 0.571. The van der Waals surface area contributed by atoms with Crippen molar-refractivity contribution in [2.24, 2.45) is 5.73 Å². The van der Waals surface area contributed by atoms with Crippen LogP contribution in [0.3, 0.4) is 0 Å². The van der Waals surface area contributed by atoms with E-state index in [4.69, 9.17) is 10.5 Å². The third-order valence-corrected chi connectivity index (χ3v) is 2.52. The maximum absolute atomic E-state index is 5.72. The third-order valence-electron chi connectivity index (χ3n) is 2.52. The Hall–Kier alpha value is -1.02. The normalized spacial score (nSPS) is 12.4. The smallest absolute Gasteiger partial charge is 0.119 e. The molecule has 0 aliphatic carbocycles. The number of hydrogen-bond acceptors (Lipinski definition) is 2. The van der Waals surface area contributed by atoms with Gasteiger partial charge >= 0.3 is 0 Å². The van der Waals surface area contributed by atoms with Gasteiger partial charge in [0, 0.05) is 6.04 Å². The van der Waals surface area contributed by atoms with E-state index in [9.17, 15) is 0 Å². The van der Waals surface area contributed by atoms with Gasteiger partial charge in [-0.15, -0.1) is 0 Å². The van der Waals surface area contributed by atoms with Crippen LogP contribution < -0.4 is 10.5 Å². The maximum atomic E-state index is 5.72. The van der Waals surface area contributed by atoms with Crippen LogP contribution in [0.4, 0.5) is 0 Å². The summed E-state index contributed by atoms with van der Waals surface area (Å²) in [5, 5.41) is 0. The molecule has 2 heteroatoms. The first-order valence-electron chi connectivity index (χ1n) is 6.19. The largest absolute Gasteiger partial charge is 0.494 e. The Morgan fingerprint density at radius 2 is 1.94 bits per heavy atom. The molecule has 0 aliphatic rings. The van der Waals surface area contributed by atoms with Crippen molar-refractivity contribution < 1.29 is 4.74 Å². The minimum Gasteiger partial charge on any atom is -0.494 e. The molecular formula is C14H23NO. The van der Waals surface area contributed by atoms with Crippen LogP contribution in [-0.2, 0) is 6.42 Å². The zero-order valence-corrected chi connectivity index (χ0v) is 10.4.